The third kappa shape index (κ3) is 3.19. The number of nitrogens with zero attached hydrogens (tertiary/aromatic N) is 1. The highest BCUT2D eigenvalue weighted by molar-refractivity contribution is 5.44. The van der Waals surface area contributed by atoms with E-state index in [1.54, 1.807) is 12.1 Å². The lowest BCUT2D eigenvalue weighted by molar-refractivity contribution is 0.258. The number of para-hydroxylation sites is 1. The molecular formula is C14H21FN2. The van der Waals surface area contributed by atoms with Crippen LogP contribution in [0.5, 0.6) is 0 Å². The molecule has 1 atom stereocenters. The standard InChI is InChI=1S/C14H21FN2/c1-2-12-6-5-10-17(12)11-9-16-14-8-4-3-7-13(14)15/h3-4,7-8,12,16H,2,5-6,9-11H2,1H3. The van der Waals surface area contributed by atoms with E-state index in [1.807, 2.05) is 6.07 Å². The van der Waals surface area contributed by atoms with Gasteiger partial charge in [0.05, 0.1) is 5.69 Å². The first-order chi connectivity index (χ1) is 8.31. The largest absolute Gasteiger partial charge is 0.381 e. The number of likely N-dealkylation sites (tertiary alicyclic amines) is 1. The first-order valence-electron chi connectivity index (χ1n) is 6.53. The molecule has 3 heteroatoms. The van der Waals surface area contributed by atoms with Crippen molar-refractivity contribution < 1.29 is 4.39 Å². The first kappa shape index (κ1) is 12.4. The Kier molecular flexibility index (Phi) is 4.37. The van der Waals surface area contributed by atoms with E-state index in [4.69, 9.17) is 0 Å². The van der Waals surface area contributed by atoms with E-state index in [0.29, 0.717) is 5.69 Å². The van der Waals surface area contributed by atoms with Gasteiger partial charge in [0, 0.05) is 19.1 Å². The van der Waals surface area contributed by atoms with Crippen molar-refractivity contribution in [2.45, 2.75) is 32.2 Å². The summed E-state index contributed by atoms with van der Waals surface area (Å²) in [6.07, 6.45) is 3.84. The van der Waals surface area contributed by atoms with Gasteiger partial charge in [-0.3, -0.25) is 4.90 Å². The lowest BCUT2D eigenvalue weighted by Crippen LogP contribution is -2.33. The minimum absolute atomic E-state index is 0.166. The molecule has 0 saturated carbocycles. The Bertz CT molecular complexity index is 354. The van der Waals surface area contributed by atoms with Crippen LogP contribution in [0.2, 0.25) is 0 Å². The second-order valence-electron chi connectivity index (χ2n) is 4.65. The summed E-state index contributed by atoms with van der Waals surface area (Å²) in [4.78, 5) is 2.51. The number of nitrogens with one attached hydrogen (secondary N) is 1. The van der Waals surface area contributed by atoms with Crippen LogP contribution in [0.25, 0.3) is 0 Å². The minimum atomic E-state index is -0.166. The van der Waals surface area contributed by atoms with Gasteiger partial charge in [0.25, 0.3) is 0 Å². The molecule has 1 aliphatic heterocycles. The molecule has 1 aromatic rings. The van der Waals surface area contributed by atoms with Crippen molar-refractivity contribution >= 4 is 5.69 Å². The molecule has 2 rings (SSSR count). The predicted octanol–water partition coefficient (Wildman–Crippen LogP) is 3.11. The quantitative estimate of drug-likeness (QED) is 0.845. The summed E-state index contributed by atoms with van der Waals surface area (Å²) in [5.41, 5.74) is 0.611. The maximum Gasteiger partial charge on any atom is 0.146 e. The van der Waals surface area contributed by atoms with Crippen molar-refractivity contribution in [2.24, 2.45) is 0 Å². The van der Waals surface area contributed by atoms with Gasteiger partial charge < -0.3 is 5.32 Å². The lowest BCUT2D eigenvalue weighted by Gasteiger charge is -2.23. The van der Waals surface area contributed by atoms with Crippen LogP contribution in [-0.4, -0.2) is 30.6 Å². The molecule has 0 aliphatic carbocycles. The number of anilines is 1. The zero-order valence-electron chi connectivity index (χ0n) is 10.5. The molecule has 17 heavy (non-hydrogen) atoms. The molecule has 94 valence electrons. The third-order valence-electron chi connectivity index (χ3n) is 3.56. The van der Waals surface area contributed by atoms with Crippen molar-refractivity contribution in [3.8, 4) is 0 Å². The number of hydrogen-bond donors (Lipinski definition) is 1. The van der Waals surface area contributed by atoms with Crippen LogP contribution in [0.15, 0.2) is 24.3 Å². The van der Waals surface area contributed by atoms with Gasteiger partial charge in [-0.25, -0.2) is 4.39 Å². The molecule has 1 unspecified atom stereocenters. The lowest BCUT2D eigenvalue weighted by atomic mass is 10.2. The summed E-state index contributed by atoms with van der Waals surface area (Å²) in [6.45, 7) is 5.26. The Morgan fingerprint density at radius 3 is 3.00 bits per heavy atom. The molecule has 0 aromatic heterocycles. The van der Waals surface area contributed by atoms with Crippen molar-refractivity contribution in [2.75, 3.05) is 25.0 Å². The highest BCUT2D eigenvalue weighted by atomic mass is 19.1. The molecule has 1 N–H and O–H groups in total. The number of rotatable bonds is 5. The van der Waals surface area contributed by atoms with Crippen LogP contribution in [0.4, 0.5) is 10.1 Å². The summed E-state index contributed by atoms with van der Waals surface area (Å²) in [7, 11) is 0. The van der Waals surface area contributed by atoms with Crippen molar-refractivity contribution in [1.82, 2.24) is 4.90 Å². The van der Waals surface area contributed by atoms with Gasteiger partial charge in [-0.1, -0.05) is 19.1 Å². The SMILES string of the molecule is CCC1CCCN1CCNc1ccccc1F. The summed E-state index contributed by atoms with van der Waals surface area (Å²) < 4.78 is 13.4. The van der Waals surface area contributed by atoms with E-state index < -0.39 is 0 Å². The van der Waals surface area contributed by atoms with E-state index in [-0.39, 0.29) is 5.82 Å². The minimum Gasteiger partial charge on any atom is -0.381 e. The summed E-state index contributed by atoms with van der Waals surface area (Å²) in [6, 6.07) is 7.59. The molecule has 0 bridgehead atoms. The fourth-order valence-corrected chi connectivity index (χ4v) is 2.59. The van der Waals surface area contributed by atoms with Gasteiger partial charge in [-0.05, 0) is 37.9 Å². The third-order valence-corrected chi connectivity index (χ3v) is 3.56. The molecule has 0 radical (unpaired) electrons. The Labute approximate surface area is 103 Å². The molecule has 2 nitrogen and oxygen atoms in total. The van der Waals surface area contributed by atoms with E-state index in [0.717, 1.165) is 19.1 Å². The molecule has 1 aliphatic rings. The van der Waals surface area contributed by atoms with Crippen LogP contribution < -0.4 is 5.32 Å². The molecular weight excluding hydrogens is 215 g/mol. The Morgan fingerprint density at radius 2 is 2.24 bits per heavy atom. The number of hydrogen-bond acceptors (Lipinski definition) is 2. The first-order valence-corrected chi connectivity index (χ1v) is 6.53. The maximum absolute atomic E-state index is 13.4. The van der Waals surface area contributed by atoms with Gasteiger partial charge in [0.1, 0.15) is 5.82 Å². The van der Waals surface area contributed by atoms with Gasteiger partial charge in [-0.2, -0.15) is 0 Å². The number of halogens is 1. The average Bonchev–Trinajstić information content (AvgIpc) is 2.79. The van der Waals surface area contributed by atoms with Crippen molar-refractivity contribution in [1.29, 1.82) is 0 Å². The van der Waals surface area contributed by atoms with Gasteiger partial charge in [-0.15, -0.1) is 0 Å². The summed E-state index contributed by atoms with van der Waals surface area (Å²) >= 11 is 0. The monoisotopic (exact) mass is 236 g/mol. The molecule has 0 amide bonds. The van der Waals surface area contributed by atoms with Gasteiger partial charge in [0.15, 0.2) is 0 Å². The summed E-state index contributed by atoms with van der Waals surface area (Å²) in [5.74, 6) is -0.166. The van der Waals surface area contributed by atoms with Gasteiger partial charge >= 0.3 is 0 Å². The number of benzene rings is 1. The van der Waals surface area contributed by atoms with Crippen LogP contribution >= 0.6 is 0 Å². The molecule has 1 saturated heterocycles. The van der Waals surface area contributed by atoms with Crippen molar-refractivity contribution in [3.05, 3.63) is 30.1 Å². The Balaban J connectivity index is 1.78. The Morgan fingerprint density at radius 1 is 1.41 bits per heavy atom. The highest BCUT2D eigenvalue weighted by Gasteiger charge is 2.21. The predicted molar refractivity (Wildman–Crippen MR) is 69.8 cm³/mol. The average molecular weight is 236 g/mol. The Hall–Kier alpha value is -1.09. The second kappa shape index (κ2) is 6.01. The summed E-state index contributed by atoms with van der Waals surface area (Å²) in [5, 5.41) is 3.17. The maximum atomic E-state index is 13.4. The van der Waals surface area contributed by atoms with E-state index in [1.165, 1.54) is 31.9 Å². The molecule has 1 aromatic carbocycles. The molecule has 0 spiro atoms. The van der Waals surface area contributed by atoms with Gasteiger partial charge in [0.2, 0.25) is 0 Å². The zero-order chi connectivity index (χ0) is 12.1. The van der Waals surface area contributed by atoms with E-state index in [2.05, 4.69) is 17.1 Å². The smallest absolute Gasteiger partial charge is 0.146 e. The molecule has 1 fully saturated rings. The fraction of sp³-hybridized carbons (Fsp3) is 0.571. The fourth-order valence-electron chi connectivity index (χ4n) is 2.59. The topological polar surface area (TPSA) is 15.3 Å². The van der Waals surface area contributed by atoms with Crippen LogP contribution in [0.3, 0.4) is 0 Å². The van der Waals surface area contributed by atoms with Crippen molar-refractivity contribution in [3.63, 3.8) is 0 Å². The van der Waals surface area contributed by atoms with E-state index in [9.17, 15) is 4.39 Å². The van der Waals surface area contributed by atoms with E-state index >= 15 is 0 Å². The van der Waals surface area contributed by atoms with Crippen LogP contribution in [0.1, 0.15) is 26.2 Å². The zero-order valence-corrected chi connectivity index (χ0v) is 10.5. The van der Waals surface area contributed by atoms with Crippen LogP contribution in [-0.2, 0) is 0 Å². The van der Waals surface area contributed by atoms with Crippen LogP contribution in [0, 0.1) is 5.82 Å². The normalized spacial score (nSPS) is 20.7. The highest BCUT2D eigenvalue weighted by Crippen LogP contribution is 2.19. The molecule has 1 heterocycles. The second-order valence-corrected chi connectivity index (χ2v) is 4.65.